The summed E-state index contributed by atoms with van der Waals surface area (Å²) in [6.07, 6.45) is 5.85. The largest absolute Gasteiger partial charge is 0.444 e. The Balaban J connectivity index is 1.46. The minimum Gasteiger partial charge on any atom is -0.444 e. The molecule has 3 amide bonds. The van der Waals surface area contributed by atoms with Crippen LogP contribution in [0.15, 0.2) is 30.7 Å². The van der Waals surface area contributed by atoms with Crippen LogP contribution in [0.25, 0.3) is 11.0 Å². The van der Waals surface area contributed by atoms with Gasteiger partial charge in [0.2, 0.25) is 0 Å². The predicted octanol–water partition coefficient (Wildman–Crippen LogP) is 3.95. The normalized spacial score (nSPS) is 18.1. The van der Waals surface area contributed by atoms with Gasteiger partial charge in [-0.05, 0) is 69.7 Å². The Kier molecular flexibility index (Phi) is 6.91. The van der Waals surface area contributed by atoms with Gasteiger partial charge >= 0.3 is 17.9 Å². The van der Waals surface area contributed by atoms with Crippen molar-refractivity contribution in [1.29, 1.82) is 0 Å². The summed E-state index contributed by atoms with van der Waals surface area (Å²) in [6, 6.07) is 3.33. The second-order valence-corrected chi connectivity index (χ2v) is 10.2. The van der Waals surface area contributed by atoms with Crippen LogP contribution >= 0.6 is 0 Å². The number of aromatic amines is 1. The van der Waals surface area contributed by atoms with Crippen molar-refractivity contribution >= 4 is 40.4 Å². The molecule has 36 heavy (non-hydrogen) atoms. The van der Waals surface area contributed by atoms with E-state index in [1.165, 1.54) is 6.20 Å². The number of rotatable bonds is 3. The number of nitrogens with zero attached hydrogens (tertiary/aromatic N) is 4. The quantitative estimate of drug-likeness (QED) is 0.469. The second-order valence-electron chi connectivity index (χ2n) is 10.2. The molecule has 3 N–H and O–H groups in total. The molecular formula is C25H31N7O4. The van der Waals surface area contributed by atoms with Crippen molar-refractivity contribution in [2.24, 2.45) is 5.92 Å². The highest BCUT2D eigenvalue weighted by Gasteiger charge is 2.34. The Morgan fingerprint density at radius 3 is 2.58 bits per heavy atom. The van der Waals surface area contributed by atoms with Crippen LogP contribution in [0.3, 0.4) is 0 Å². The van der Waals surface area contributed by atoms with E-state index in [-0.39, 0.29) is 12.0 Å². The summed E-state index contributed by atoms with van der Waals surface area (Å²) >= 11 is 0. The molecule has 1 aliphatic rings. The first-order chi connectivity index (χ1) is 17.0. The maximum absolute atomic E-state index is 13.3. The lowest BCUT2D eigenvalue weighted by Crippen LogP contribution is -2.46. The van der Waals surface area contributed by atoms with E-state index in [9.17, 15) is 14.4 Å². The summed E-state index contributed by atoms with van der Waals surface area (Å²) in [5.41, 5.74) is 1.85. The summed E-state index contributed by atoms with van der Waals surface area (Å²) in [5.74, 6) is -0.792. The number of aromatic nitrogens is 4. The summed E-state index contributed by atoms with van der Waals surface area (Å²) in [6.45, 7) is 9.57. The van der Waals surface area contributed by atoms with E-state index in [1.54, 1.807) is 51.1 Å². The highest BCUT2D eigenvalue weighted by molar-refractivity contribution is 6.39. The van der Waals surface area contributed by atoms with Crippen molar-refractivity contribution in [2.45, 2.75) is 59.1 Å². The van der Waals surface area contributed by atoms with Crippen molar-refractivity contribution in [1.82, 2.24) is 25.1 Å². The van der Waals surface area contributed by atoms with Crippen LogP contribution in [-0.4, -0.2) is 55.1 Å². The zero-order valence-electron chi connectivity index (χ0n) is 21.1. The third-order valence-electron chi connectivity index (χ3n) is 5.93. The minimum atomic E-state index is -0.750. The van der Waals surface area contributed by atoms with Crippen LogP contribution in [0, 0.1) is 12.8 Å². The SMILES string of the molecule is Cc1cc(NC(=O)C(=O)N2CC(C)CCC2c2cnc3[nH]ncc3c2)cnc1NC(=O)OC(C)(C)C. The molecule has 2 unspecified atom stereocenters. The van der Waals surface area contributed by atoms with Crippen molar-refractivity contribution in [3.05, 3.63) is 41.9 Å². The van der Waals surface area contributed by atoms with E-state index in [2.05, 4.69) is 37.7 Å². The van der Waals surface area contributed by atoms with Gasteiger partial charge < -0.3 is 15.0 Å². The van der Waals surface area contributed by atoms with Gasteiger partial charge in [-0.3, -0.25) is 20.0 Å². The Labute approximate surface area is 209 Å². The second kappa shape index (κ2) is 9.92. The number of anilines is 2. The van der Waals surface area contributed by atoms with Crippen molar-refractivity contribution in [3.63, 3.8) is 0 Å². The number of amides is 3. The lowest BCUT2D eigenvalue weighted by molar-refractivity contribution is -0.146. The van der Waals surface area contributed by atoms with Crippen LogP contribution < -0.4 is 10.6 Å². The van der Waals surface area contributed by atoms with E-state index in [0.717, 1.165) is 23.8 Å². The fourth-order valence-corrected chi connectivity index (χ4v) is 4.25. The smallest absolute Gasteiger partial charge is 0.413 e. The average Bonchev–Trinajstić information content (AvgIpc) is 3.27. The molecule has 1 fully saturated rings. The van der Waals surface area contributed by atoms with Gasteiger partial charge in [0, 0.05) is 18.1 Å². The van der Waals surface area contributed by atoms with E-state index in [4.69, 9.17) is 4.74 Å². The molecule has 0 aliphatic carbocycles. The van der Waals surface area contributed by atoms with Crippen LogP contribution in [0.2, 0.25) is 0 Å². The number of aryl methyl sites for hydroxylation is 1. The van der Waals surface area contributed by atoms with Gasteiger partial charge in [0.25, 0.3) is 0 Å². The number of ether oxygens (including phenoxy) is 1. The first-order valence-corrected chi connectivity index (χ1v) is 11.9. The average molecular weight is 494 g/mol. The molecule has 190 valence electrons. The Morgan fingerprint density at radius 1 is 1.08 bits per heavy atom. The molecule has 0 saturated carbocycles. The van der Waals surface area contributed by atoms with E-state index in [0.29, 0.717) is 29.3 Å². The minimum absolute atomic E-state index is 0.258. The standard InChI is InChI=1S/C25H31N7O4/c1-14-6-7-19(16-9-17-11-28-31-21(17)26-10-16)32(13-14)23(34)22(33)29-18-8-15(2)20(27-12-18)30-24(35)36-25(3,4)5/h8-12,14,19H,6-7,13H2,1-5H3,(H,29,33)(H,26,28,31)(H,27,30,35). The van der Waals surface area contributed by atoms with Gasteiger partial charge in [-0.2, -0.15) is 5.10 Å². The Morgan fingerprint density at radius 2 is 1.86 bits per heavy atom. The van der Waals surface area contributed by atoms with Crippen molar-refractivity contribution in [3.8, 4) is 0 Å². The van der Waals surface area contributed by atoms with Crippen LogP contribution in [0.4, 0.5) is 16.3 Å². The number of carbonyl (C=O) groups is 3. The molecule has 4 heterocycles. The summed E-state index contributed by atoms with van der Waals surface area (Å²) < 4.78 is 5.24. The van der Waals surface area contributed by atoms with Crippen LogP contribution in [0.1, 0.15) is 57.7 Å². The molecule has 4 rings (SSSR count). The van der Waals surface area contributed by atoms with E-state index < -0.39 is 23.5 Å². The zero-order chi connectivity index (χ0) is 26.0. The molecule has 3 aromatic heterocycles. The molecule has 0 spiro atoms. The molecule has 0 aromatic carbocycles. The Bertz CT molecular complexity index is 1300. The molecule has 11 heteroatoms. The number of fused-ring (bicyclic) bond motifs is 1. The van der Waals surface area contributed by atoms with Gasteiger partial charge in [-0.1, -0.05) is 6.92 Å². The maximum atomic E-state index is 13.3. The van der Waals surface area contributed by atoms with Crippen molar-refractivity contribution < 1.29 is 19.1 Å². The number of piperidine rings is 1. The highest BCUT2D eigenvalue weighted by Crippen LogP contribution is 2.34. The maximum Gasteiger partial charge on any atom is 0.413 e. The zero-order valence-corrected chi connectivity index (χ0v) is 21.1. The molecule has 11 nitrogen and oxygen atoms in total. The molecular weight excluding hydrogens is 462 g/mol. The number of H-pyrrole nitrogens is 1. The van der Waals surface area contributed by atoms with Gasteiger partial charge in [0.15, 0.2) is 5.65 Å². The number of pyridine rings is 2. The first-order valence-electron chi connectivity index (χ1n) is 11.9. The lowest BCUT2D eigenvalue weighted by atomic mass is 9.90. The topological polar surface area (TPSA) is 142 Å². The number of hydrogen-bond acceptors (Lipinski definition) is 7. The summed E-state index contributed by atoms with van der Waals surface area (Å²) in [4.78, 5) is 48.5. The third-order valence-corrected chi connectivity index (χ3v) is 5.93. The summed E-state index contributed by atoms with van der Waals surface area (Å²) in [5, 5.41) is 12.9. The lowest BCUT2D eigenvalue weighted by Gasteiger charge is -2.38. The molecule has 2 atom stereocenters. The molecule has 3 aromatic rings. The van der Waals surface area contributed by atoms with Crippen LogP contribution in [0.5, 0.6) is 0 Å². The van der Waals surface area contributed by atoms with Gasteiger partial charge in [0.05, 0.1) is 24.1 Å². The fraction of sp³-hybridized carbons (Fsp3) is 0.440. The summed E-state index contributed by atoms with van der Waals surface area (Å²) in [7, 11) is 0. The monoisotopic (exact) mass is 493 g/mol. The fourth-order valence-electron chi connectivity index (χ4n) is 4.25. The number of carbonyl (C=O) groups excluding carboxylic acids is 3. The number of likely N-dealkylation sites (tertiary alicyclic amines) is 1. The molecule has 1 saturated heterocycles. The van der Waals surface area contributed by atoms with Gasteiger partial charge in [-0.15, -0.1) is 0 Å². The predicted molar refractivity (Wildman–Crippen MR) is 134 cm³/mol. The van der Waals surface area contributed by atoms with Crippen LogP contribution in [-0.2, 0) is 14.3 Å². The Hall–Kier alpha value is -4.02. The first kappa shape index (κ1) is 25.1. The molecule has 0 radical (unpaired) electrons. The van der Waals surface area contributed by atoms with Gasteiger partial charge in [0.1, 0.15) is 11.4 Å². The highest BCUT2D eigenvalue weighted by atomic mass is 16.6. The van der Waals surface area contributed by atoms with Gasteiger partial charge in [-0.25, -0.2) is 14.8 Å². The number of nitrogens with one attached hydrogen (secondary N) is 3. The molecule has 1 aliphatic heterocycles. The molecule has 0 bridgehead atoms. The van der Waals surface area contributed by atoms with E-state index >= 15 is 0 Å². The van der Waals surface area contributed by atoms with E-state index in [1.807, 2.05) is 6.07 Å². The third kappa shape index (κ3) is 5.78. The number of hydrogen-bond donors (Lipinski definition) is 3. The van der Waals surface area contributed by atoms with Crippen molar-refractivity contribution in [2.75, 3.05) is 17.2 Å².